The van der Waals surface area contributed by atoms with Crippen LogP contribution in [0.2, 0.25) is 0 Å². The van der Waals surface area contributed by atoms with E-state index in [-0.39, 0.29) is 5.41 Å². The molecule has 2 aromatic rings. The van der Waals surface area contributed by atoms with Crippen LogP contribution in [0.3, 0.4) is 0 Å². The molecule has 1 aromatic heterocycles. The Labute approximate surface area is 123 Å². The monoisotopic (exact) mass is 305 g/mol. The van der Waals surface area contributed by atoms with Crippen LogP contribution < -0.4 is 0 Å². The molecule has 20 heavy (non-hydrogen) atoms. The number of fused-ring (bicyclic) bond motifs is 1. The molecule has 0 amide bonds. The predicted octanol–water partition coefficient (Wildman–Crippen LogP) is 3.95. The van der Waals surface area contributed by atoms with Gasteiger partial charge in [0.2, 0.25) is 0 Å². The van der Waals surface area contributed by atoms with Gasteiger partial charge in [-0.15, -0.1) is 11.3 Å². The van der Waals surface area contributed by atoms with E-state index < -0.39 is 10.0 Å². The van der Waals surface area contributed by atoms with Crippen molar-refractivity contribution in [3.05, 3.63) is 41.3 Å². The van der Waals surface area contributed by atoms with Crippen molar-refractivity contribution in [3.8, 4) is 10.4 Å². The molecule has 2 heterocycles. The van der Waals surface area contributed by atoms with Gasteiger partial charge in [-0.1, -0.05) is 51.1 Å². The normalized spacial score (nSPS) is 16.9. The lowest BCUT2D eigenvalue weighted by molar-refractivity contribution is 0.589. The molecule has 0 saturated carbocycles. The first kappa shape index (κ1) is 13.5. The molecule has 0 atom stereocenters. The highest BCUT2D eigenvalue weighted by molar-refractivity contribution is 7.91. The fourth-order valence-corrected chi connectivity index (χ4v) is 5.30. The number of sulfonamides is 1. The zero-order chi connectivity index (χ0) is 14.5. The van der Waals surface area contributed by atoms with Crippen LogP contribution in [0.1, 0.15) is 25.6 Å². The van der Waals surface area contributed by atoms with Crippen LogP contribution in [0.15, 0.2) is 45.7 Å². The first-order valence-electron chi connectivity index (χ1n) is 6.34. The van der Waals surface area contributed by atoms with Gasteiger partial charge in [-0.2, -0.15) is 12.8 Å². The number of nitrogens with zero attached hydrogens (tertiary/aromatic N) is 1. The van der Waals surface area contributed by atoms with Crippen LogP contribution in [-0.4, -0.2) is 14.1 Å². The highest BCUT2D eigenvalue weighted by atomic mass is 32.2. The van der Waals surface area contributed by atoms with Gasteiger partial charge < -0.3 is 0 Å². The summed E-state index contributed by atoms with van der Waals surface area (Å²) in [7, 11) is -3.53. The topological polar surface area (TPSA) is 46.5 Å². The van der Waals surface area contributed by atoms with Crippen LogP contribution in [0.4, 0.5) is 0 Å². The Balaban J connectivity index is 2.20. The highest BCUT2D eigenvalue weighted by Crippen LogP contribution is 2.42. The predicted molar refractivity (Wildman–Crippen MR) is 82.9 cm³/mol. The van der Waals surface area contributed by atoms with Crippen molar-refractivity contribution < 1.29 is 8.42 Å². The van der Waals surface area contributed by atoms with E-state index in [0.29, 0.717) is 10.6 Å². The number of hydrogen-bond acceptors (Lipinski definition) is 3. The van der Waals surface area contributed by atoms with Crippen molar-refractivity contribution in [1.29, 1.82) is 0 Å². The minimum absolute atomic E-state index is 0.281. The molecule has 0 unspecified atom stereocenters. The third kappa shape index (κ3) is 2.11. The van der Waals surface area contributed by atoms with Gasteiger partial charge in [0.1, 0.15) is 4.90 Å². The van der Waals surface area contributed by atoms with E-state index in [1.807, 2.05) is 51.1 Å². The van der Waals surface area contributed by atoms with Crippen molar-refractivity contribution in [3.63, 3.8) is 0 Å². The Morgan fingerprint density at radius 3 is 2.35 bits per heavy atom. The largest absolute Gasteiger partial charge is 0.284 e. The summed E-state index contributed by atoms with van der Waals surface area (Å²) in [6.07, 6.45) is 0. The standard InChI is InChI=1S/C15H15NO2S2/c1-15(2,3)14-13-12(20(17,18)16-14)9-11(19-13)10-7-5-4-6-8-10/h4-9H,1-3H3. The van der Waals surface area contributed by atoms with Gasteiger partial charge >= 0.3 is 0 Å². The minimum atomic E-state index is -3.53. The summed E-state index contributed by atoms with van der Waals surface area (Å²) in [6.45, 7) is 5.95. The fraction of sp³-hybridized carbons (Fsp3) is 0.267. The second-order valence-corrected chi connectivity index (χ2v) is 8.46. The summed E-state index contributed by atoms with van der Waals surface area (Å²) in [5.74, 6) is 0. The van der Waals surface area contributed by atoms with Gasteiger partial charge in [0, 0.05) is 10.3 Å². The molecule has 1 aliphatic rings. The van der Waals surface area contributed by atoms with Gasteiger partial charge in [0.15, 0.2) is 0 Å². The molecule has 0 N–H and O–H groups in total. The Morgan fingerprint density at radius 2 is 1.75 bits per heavy atom. The number of hydrogen-bond donors (Lipinski definition) is 0. The Morgan fingerprint density at radius 1 is 1.10 bits per heavy atom. The Kier molecular flexibility index (Phi) is 2.88. The SMILES string of the molecule is CC(C)(C)C1=NS(=O)(=O)c2cc(-c3ccccc3)sc21. The molecule has 0 radical (unpaired) electrons. The first-order valence-corrected chi connectivity index (χ1v) is 8.60. The molecule has 1 aromatic carbocycles. The molecule has 3 nitrogen and oxygen atoms in total. The maximum absolute atomic E-state index is 12.2. The molecule has 0 spiro atoms. The molecule has 1 aliphatic heterocycles. The lowest BCUT2D eigenvalue weighted by Crippen LogP contribution is -2.18. The molecule has 104 valence electrons. The molecular weight excluding hydrogens is 290 g/mol. The van der Waals surface area contributed by atoms with Gasteiger partial charge in [-0.25, -0.2) is 0 Å². The minimum Gasteiger partial charge on any atom is -0.199 e. The van der Waals surface area contributed by atoms with Gasteiger partial charge in [0.05, 0.1) is 10.6 Å². The molecule has 0 aliphatic carbocycles. The van der Waals surface area contributed by atoms with E-state index >= 15 is 0 Å². The second kappa shape index (κ2) is 4.27. The first-order chi connectivity index (χ1) is 9.29. The van der Waals surface area contributed by atoms with Crippen molar-refractivity contribution in [2.24, 2.45) is 9.81 Å². The summed E-state index contributed by atoms with van der Waals surface area (Å²) >= 11 is 1.50. The lowest BCUT2D eigenvalue weighted by Gasteiger charge is -2.17. The van der Waals surface area contributed by atoms with E-state index in [1.165, 1.54) is 11.3 Å². The van der Waals surface area contributed by atoms with Gasteiger partial charge in [-0.05, 0) is 11.6 Å². The van der Waals surface area contributed by atoms with Crippen molar-refractivity contribution in [2.75, 3.05) is 0 Å². The van der Waals surface area contributed by atoms with Crippen LogP contribution in [-0.2, 0) is 10.0 Å². The van der Waals surface area contributed by atoms with Crippen LogP contribution in [0.5, 0.6) is 0 Å². The Hall–Kier alpha value is -1.46. The third-order valence-electron chi connectivity index (χ3n) is 3.17. The Bertz CT molecular complexity index is 794. The maximum atomic E-state index is 12.2. The van der Waals surface area contributed by atoms with Gasteiger partial charge in [0.25, 0.3) is 10.0 Å². The van der Waals surface area contributed by atoms with Crippen molar-refractivity contribution >= 4 is 27.1 Å². The van der Waals surface area contributed by atoms with Gasteiger partial charge in [-0.3, -0.25) is 0 Å². The van der Waals surface area contributed by atoms with E-state index in [9.17, 15) is 8.42 Å². The summed E-state index contributed by atoms with van der Waals surface area (Å²) in [5, 5.41) is 0. The average Bonchev–Trinajstić information content (AvgIpc) is 2.90. The van der Waals surface area contributed by atoms with E-state index in [0.717, 1.165) is 15.3 Å². The maximum Gasteiger partial charge on any atom is 0.284 e. The number of benzene rings is 1. The smallest absolute Gasteiger partial charge is 0.199 e. The van der Waals surface area contributed by atoms with E-state index in [1.54, 1.807) is 6.07 Å². The molecule has 0 fully saturated rings. The van der Waals surface area contributed by atoms with Crippen LogP contribution >= 0.6 is 11.3 Å². The summed E-state index contributed by atoms with van der Waals surface area (Å²) in [4.78, 5) is 2.11. The summed E-state index contributed by atoms with van der Waals surface area (Å²) < 4.78 is 28.3. The molecule has 0 saturated heterocycles. The summed E-state index contributed by atoms with van der Waals surface area (Å²) in [6, 6.07) is 11.6. The second-order valence-electron chi connectivity index (χ2n) is 5.84. The van der Waals surface area contributed by atoms with E-state index in [4.69, 9.17) is 0 Å². The fourth-order valence-electron chi connectivity index (χ4n) is 2.16. The van der Waals surface area contributed by atoms with E-state index in [2.05, 4.69) is 4.40 Å². The van der Waals surface area contributed by atoms with Crippen LogP contribution in [0.25, 0.3) is 10.4 Å². The zero-order valence-electron chi connectivity index (χ0n) is 11.5. The van der Waals surface area contributed by atoms with Crippen molar-refractivity contribution in [2.45, 2.75) is 25.7 Å². The quantitative estimate of drug-likeness (QED) is 0.800. The zero-order valence-corrected chi connectivity index (χ0v) is 13.2. The van der Waals surface area contributed by atoms with Crippen molar-refractivity contribution in [1.82, 2.24) is 0 Å². The van der Waals surface area contributed by atoms with Crippen LogP contribution in [0, 0.1) is 5.41 Å². The molecule has 5 heteroatoms. The average molecular weight is 305 g/mol. The lowest BCUT2D eigenvalue weighted by atomic mass is 9.89. The summed E-state index contributed by atoms with van der Waals surface area (Å²) in [5.41, 5.74) is 1.42. The molecule has 3 rings (SSSR count). The third-order valence-corrected chi connectivity index (χ3v) is 5.79. The number of rotatable bonds is 1. The molecular formula is C15H15NO2S2. The molecule has 0 bridgehead atoms. The number of thiophene rings is 1. The highest BCUT2D eigenvalue weighted by Gasteiger charge is 2.37.